The number of fused-ring (bicyclic) bond motifs is 7. The molecule has 2 aliphatic heterocycles. The first-order valence-corrected chi connectivity index (χ1v) is 15.8. The minimum atomic E-state index is -1.09. The van der Waals surface area contributed by atoms with Crippen LogP contribution in [0.2, 0.25) is 0 Å². The molecule has 1 saturated heterocycles. The molecule has 1 aromatic carbocycles. The zero-order valence-corrected chi connectivity index (χ0v) is 25.6. The zero-order chi connectivity index (χ0) is 30.5. The third kappa shape index (κ3) is 6.15. The molecule has 2 aromatic rings. The number of rotatable bonds is 2. The maximum absolute atomic E-state index is 14.0. The Labute approximate surface area is 252 Å². The second kappa shape index (κ2) is 11.6. The summed E-state index contributed by atoms with van der Waals surface area (Å²) in [4.78, 5) is 50.8. The molecule has 0 radical (unpaired) electrons. The number of carboxylic acid groups (broad SMARTS) is 1. The van der Waals surface area contributed by atoms with Crippen molar-refractivity contribution >= 4 is 28.9 Å². The summed E-state index contributed by atoms with van der Waals surface area (Å²) < 4.78 is 17.9. The quantitative estimate of drug-likeness (QED) is 0.488. The van der Waals surface area contributed by atoms with E-state index in [4.69, 9.17) is 24.2 Å². The lowest BCUT2D eigenvalue weighted by Gasteiger charge is -2.34. The molecule has 43 heavy (non-hydrogen) atoms. The largest absolute Gasteiger partial charge is 0.497 e. The van der Waals surface area contributed by atoms with E-state index >= 15 is 0 Å². The molecule has 232 valence electrons. The van der Waals surface area contributed by atoms with Gasteiger partial charge in [0, 0.05) is 12.5 Å². The standard InChI is InChI=1S/C33H43N3O7/c1-33(2,3)23-16-29(37)43-28-13-18-12-22(18)21(28)8-6-5-7-9-25-30(35-26-14-19(41-4)10-11-24(26)34-25)42-20-15-27(32(39)40)36(17-20)31(23)38/h10-11,14,18,20-23,27-28H,5-9,12-13,15-17H2,1-4H3,(H,39,40)/t18-,20+,21+,22-,23+,27-,28+/m0/s1. The van der Waals surface area contributed by atoms with Crippen molar-refractivity contribution in [3.8, 4) is 11.6 Å². The van der Waals surface area contributed by atoms with Gasteiger partial charge in [0.15, 0.2) is 0 Å². The second-order valence-electron chi connectivity index (χ2n) is 14.0. The van der Waals surface area contributed by atoms with Crippen molar-refractivity contribution in [2.45, 2.75) is 96.8 Å². The fourth-order valence-corrected chi connectivity index (χ4v) is 7.50. The number of carbonyl (C=O) groups excluding carboxylic acids is 2. The molecular weight excluding hydrogens is 550 g/mol. The SMILES string of the molecule is COc1ccc2nc3c(nc2c1)O[C@@H]1C[C@@H](C(=O)O)N(C1)C(=O)[C@H](C(C)(C)C)CC(=O)O[C@@H]1C[C@@H]2C[C@@H]2[C@H]1CCCCC3. The fourth-order valence-electron chi connectivity index (χ4n) is 7.50. The normalized spacial score (nSPS) is 31.6. The summed E-state index contributed by atoms with van der Waals surface area (Å²) in [6.07, 6.45) is 6.12. The third-order valence-corrected chi connectivity index (χ3v) is 10.0. The molecule has 3 heterocycles. The number of esters is 1. The number of hydrogen-bond donors (Lipinski definition) is 1. The van der Waals surface area contributed by atoms with Crippen LogP contribution in [-0.2, 0) is 25.5 Å². The summed E-state index contributed by atoms with van der Waals surface area (Å²) in [6, 6.07) is 4.47. The van der Waals surface area contributed by atoms with Gasteiger partial charge in [0.05, 0.1) is 37.0 Å². The highest BCUT2D eigenvalue weighted by Gasteiger charge is 2.54. The highest BCUT2D eigenvalue weighted by Crippen LogP contribution is 2.58. The molecule has 1 N–H and O–H groups in total. The predicted octanol–water partition coefficient (Wildman–Crippen LogP) is 4.81. The van der Waals surface area contributed by atoms with Crippen molar-refractivity contribution in [3.05, 3.63) is 23.9 Å². The van der Waals surface area contributed by atoms with Crippen LogP contribution in [0.3, 0.4) is 0 Å². The Bertz CT molecular complexity index is 1400. The summed E-state index contributed by atoms with van der Waals surface area (Å²) in [6.45, 7) is 5.82. The van der Waals surface area contributed by atoms with Crippen LogP contribution in [0.5, 0.6) is 11.6 Å². The lowest BCUT2D eigenvalue weighted by molar-refractivity contribution is -0.159. The van der Waals surface area contributed by atoms with Gasteiger partial charge in [-0.3, -0.25) is 9.59 Å². The summed E-state index contributed by atoms with van der Waals surface area (Å²) in [5.41, 5.74) is 1.52. The number of aromatic nitrogens is 2. The monoisotopic (exact) mass is 593 g/mol. The van der Waals surface area contributed by atoms with Crippen LogP contribution < -0.4 is 9.47 Å². The van der Waals surface area contributed by atoms with E-state index in [0.29, 0.717) is 41.3 Å². The van der Waals surface area contributed by atoms with E-state index < -0.39 is 29.4 Å². The Morgan fingerprint density at radius 2 is 1.84 bits per heavy atom. The van der Waals surface area contributed by atoms with E-state index in [0.717, 1.165) is 43.3 Å². The minimum absolute atomic E-state index is 0.0720. The molecule has 1 aromatic heterocycles. The van der Waals surface area contributed by atoms with Crippen molar-refractivity contribution in [1.82, 2.24) is 14.9 Å². The first-order valence-electron chi connectivity index (χ1n) is 15.8. The Morgan fingerprint density at radius 1 is 1.02 bits per heavy atom. The molecule has 10 heteroatoms. The van der Waals surface area contributed by atoms with E-state index in [9.17, 15) is 19.5 Å². The summed E-state index contributed by atoms with van der Waals surface area (Å²) >= 11 is 0. The van der Waals surface area contributed by atoms with Gasteiger partial charge in [-0.25, -0.2) is 14.8 Å². The van der Waals surface area contributed by atoms with Crippen molar-refractivity contribution in [2.75, 3.05) is 13.7 Å². The van der Waals surface area contributed by atoms with Crippen LogP contribution in [0.15, 0.2) is 18.2 Å². The highest BCUT2D eigenvalue weighted by atomic mass is 16.5. The molecule has 2 saturated carbocycles. The lowest BCUT2D eigenvalue weighted by Crippen LogP contribution is -2.47. The number of aliphatic carboxylic acids is 1. The van der Waals surface area contributed by atoms with Crippen molar-refractivity contribution < 1.29 is 33.7 Å². The summed E-state index contributed by atoms with van der Waals surface area (Å²) in [5, 5.41) is 10.1. The van der Waals surface area contributed by atoms with E-state index in [1.807, 2.05) is 32.9 Å². The molecule has 10 nitrogen and oxygen atoms in total. The van der Waals surface area contributed by atoms with Gasteiger partial charge < -0.3 is 24.2 Å². The topological polar surface area (TPSA) is 128 Å². The second-order valence-corrected chi connectivity index (χ2v) is 14.0. The molecule has 0 spiro atoms. The predicted molar refractivity (Wildman–Crippen MR) is 158 cm³/mol. The van der Waals surface area contributed by atoms with Crippen molar-refractivity contribution in [2.24, 2.45) is 29.1 Å². The molecule has 6 rings (SSSR count). The Morgan fingerprint density at radius 3 is 2.58 bits per heavy atom. The number of ether oxygens (including phenoxy) is 3. The van der Waals surface area contributed by atoms with E-state index in [1.54, 1.807) is 13.2 Å². The van der Waals surface area contributed by atoms with Gasteiger partial charge in [-0.1, -0.05) is 33.6 Å². The van der Waals surface area contributed by atoms with Gasteiger partial charge in [-0.2, -0.15) is 0 Å². The third-order valence-electron chi connectivity index (χ3n) is 10.0. The average molecular weight is 594 g/mol. The molecule has 1 amide bonds. The number of methoxy groups -OCH3 is 1. The number of hydrogen-bond acceptors (Lipinski definition) is 8. The highest BCUT2D eigenvalue weighted by molar-refractivity contribution is 5.89. The molecule has 2 bridgehead atoms. The Balaban J connectivity index is 1.33. The van der Waals surface area contributed by atoms with Crippen LogP contribution in [0.25, 0.3) is 11.0 Å². The van der Waals surface area contributed by atoms with Crippen LogP contribution in [-0.4, -0.2) is 69.7 Å². The Hall–Kier alpha value is -3.43. The Kier molecular flexibility index (Phi) is 7.98. The van der Waals surface area contributed by atoms with Crippen LogP contribution in [0, 0.1) is 29.1 Å². The van der Waals surface area contributed by atoms with Crippen molar-refractivity contribution in [1.29, 1.82) is 0 Å². The number of carboxylic acids is 1. The average Bonchev–Trinajstić information content (AvgIpc) is 3.44. The number of amides is 1. The number of nitrogens with zero attached hydrogens (tertiary/aromatic N) is 3. The van der Waals surface area contributed by atoms with E-state index in [2.05, 4.69) is 0 Å². The number of carbonyl (C=O) groups is 3. The molecule has 4 aliphatic rings. The molecule has 2 aliphatic carbocycles. The first-order chi connectivity index (χ1) is 20.5. The molecule has 3 fully saturated rings. The minimum Gasteiger partial charge on any atom is -0.497 e. The van der Waals surface area contributed by atoms with E-state index in [-0.39, 0.29) is 37.4 Å². The number of aryl methyl sites for hydroxylation is 1. The van der Waals surface area contributed by atoms with Gasteiger partial charge in [0.2, 0.25) is 11.8 Å². The van der Waals surface area contributed by atoms with Crippen molar-refractivity contribution in [3.63, 3.8) is 0 Å². The van der Waals surface area contributed by atoms with Gasteiger partial charge in [0.1, 0.15) is 29.7 Å². The van der Waals surface area contributed by atoms with Crippen LogP contribution in [0.1, 0.15) is 77.8 Å². The summed E-state index contributed by atoms with van der Waals surface area (Å²) in [7, 11) is 1.59. The van der Waals surface area contributed by atoms with Crippen LogP contribution >= 0.6 is 0 Å². The maximum atomic E-state index is 14.0. The van der Waals surface area contributed by atoms with Gasteiger partial charge in [0.25, 0.3) is 0 Å². The molecule has 7 atom stereocenters. The first kappa shape index (κ1) is 29.6. The molecular formula is C33H43N3O7. The van der Waals surface area contributed by atoms with Gasteiger partial charge in [-0.15, -0.1) is 0 Å². The summed E-state index contributed by atoms with van der Waals surface area (Å²) in [5.74, 6) is 0.117. The van der Waals surface area contributed by atoms with Gasteiger partial charge >= 0.3 is 11.9 Å². The maximum Gasteiger partial charge on any atom is 0.326 e. The molecule has 0 unspecified atom stereocenters. The lowest BCUT2D eigenvalue weighted by atomic mass is 9.77. The van der Waals surface area contributed by atoms with E-state index in [1.165, 1.54) is 11.3 Å². The fraction of sp³-hybridized carbons (Fsp3) is 0.667. The van der Waals surface area contributed by atoms with Crippen LogP contribution in [0.4, 0.5) is 0 Å². The number of benzene rings is 1. The smallest absolute Gasteiger partial charge is 0.326 e. The van der Waals surface area contributed by atoms with Gasteiger partial charge in [-0.05, 0) is 67.4 Å². The zero-order valence-electron chi connectivity index (χ0n) is 25.6.